The molecule has 0 rings (SSSR count). The van der Waals surface area contributed by atoms with Crippen molar-refractivity contribution in [3.05, 3.63) is 0 Å². The Kier molecular flexibility index (Phi) is 22.6. The fourth-order valence-corrected chi connectivity index (χ4v) is 0. The van der Waals surface area contributed by atoms with Gasteiger partial charge in [0.2, 0.25) is 0 Å². The molecule has 7 heteroatoms. The maximum atomic E-state index is 8.33. The SMILES string of the molecule is ClC(Cl)Cl.O=C([O-])[O-].[Ca+2]. The van der Waals surface area contributed by atoms with Gasteiger partial charge in [-0.3, -0.25) is 0 Å². The van der Waals surface area contributed by atoms with E-state index in [-0.39, 0.29) is 37.7 Å². The Labute approximate surface area is 96.9 Å². The maximum absolute atomic E-state index is 8.33. The van der Waals surface area contributed by atoms with Crippen LogP contribution in [0.4, 0.5) is 4.79 Å². The molecule has 0 bridgehead atoms. The number of hydrogen-bond donors (Lipinski definition) is 0. The Hall–Kier alpha value is 1.40. The molecule has 0 heterocycles. The summed E-state index contributed by atoms with van der Waals surface area (Å²) >= 11 is 14.4. The van der Waals surface area contributed by atoms with Gasteiger partial charge in [0, 0.05) is 0 Å². The van der Waals surface area contributed by atoms with Crippen LogP contribution in [0.1, 0.15) is 0 Å². The summed E-state index contributed by atoms with van der Waals surface area (Å²) in [6.45, 7) is 0. The van der Waals surface area contributed by atoms with Gasteiger partial charge < -0.3 is 15.0 Å². The van der Waals surface area contributed by atoms with Crippen LogP contribution in [0.15, 0.2) is 0 Å². The third kappa shape index (κ3) is 263. The quantitative estimate of drug-likeness (QED) is 0.394. The molecule has 0 aliphatic carbocycles. The van der Waals surface area contributed by atoms with Gasteiger partial charge >= 0.3 is 37.7 Å². The predicted molar refractivity (Wildman–Crippen MR) is 32.5 cm³/mol. The average molecular weight is 219 g/mol. The number of alkyl halides is 3. The van der Waals surface area contributed by atoms with Gasteiger partial charge in [0.15, 0.2) is 4.30 Å². The number of halogens is 3. The first kappa shape index (κ1) is 16.8. The molecule has 0 aromatic carbocycles. The second-order valence-electron chi connectivity index (χ2n) is 0.497. The summed E-state index contributed by atoms with van der Waals surface area (Å²) in [5.74, 6) is 0. The summed E-state index contributed by atoms with van der Waals surface area (Å²) < 4.78 is -0.750. The molecule has 0 aromatic heterocycles. The van der Waals surface area contributed by atoms with Gasteiger partial charge in [0.1, 0.15) is 0 Å². The zero-order chi connectivity index (χ0) is 7.15. The van der Waals surface area contributed by atoms with Gasteiger partial charge in [0.05, 0.1) is 0 Å². The van der Waals surface area contributed by atoms with Gasteiger partial charge in [-0.2, -0.15) is 0 Å². The Morgan fingerprint density at radius 2 is 1.22 bits per heavy atom. The summed E-state index contributed by atoms with van der Waals surface area (Å²) in [4.78, 5) is 8.33. The van der Waals surface area contributed by atoms with Crippen LogP contribution in [0.3, 0.4) is 0 Å². The van der Waals surface area contributed by atoms with E-state index in [1.54, 1.807) is 0 Å². The molecule has 0 atom stereocenters. The number of rotatable bonds is 0. The van der Waals surface area contributed by atoms with Crippen LogP contribution in [0, 0.1) is 0 Å². The van der Waals surface area contributed by atoms with Crippen LogP contribution < -0.4 is 10.2 Å². The molecule has 3 nitrogen and oxygen atoms in total. The van der Waals surface area contributed by atoms with E-state index < -0.39 is 10.5 Å². The molecule has 9 heavy (non-hydrogen) atoms. The van der Waals surface area contributed by atoms with E-state index in [4.69, 9.17) is 49.8 Å². The van der Waals surface area contributed by atoms with E-state index in [9.17, 15) is 0 Å². The summed E-state index contributed by atoms with van der Waals surface area (Å²) in [5, 5.41) is 16.7. The van der Waals surface area contributed by atoms with Gasteiger partial charge in [-0.05, 0) is 6.16 Å². The maximum Gasteiger partial charge on any atom is 2.00 e. The van der Waals surface area contributed by atoms with Crippen LogP contribution in [0.2, 0.25) is 0 Å². The van der Waals surface area contributed by atoms with Crippen LogP contribution >= 0.6 is 34.8 Å². The standard InChI is InChI=1S/CHCl3.CH2O3.Ca/c2*2-1(3)4;/h1H;(H2,2,3,4);/q;;+2/p-2. The molecule has 0 saturated heterocycles. The molecule has 0 aliphatic heterocycles. The Morgan fingerprint density at radius 1 is 1.22 bits per heavy atom. The molecule has 0 radical (unpaired) electrons. The van der Waals surface area contributed by atoms with E-state index in [0.29, 0.717) is 0 Å². The zero-order valence-corrected chi connectivity index (χ0v) is 8.62. The van der Waals surface area contributed by atoms with Crippen molar-refractivity contribution in [3.63, 3.8) is 0 Å². The van der Waals surface area contributed by atoms with Crippen molar-refractivity contribution in [2.24, 2.45) is 0 Å². The van der Waals surface area contributed by atoms with Crippen LogP contribution in [-0.2, 0) is 0 Å². The summed E-state index contributed by atoms with van der Waals surface area (Å²) in [6.07, 6.45) is -2.33. The van der Waals surface area contributed by atoms with Crippen molar-refractivity contribution in [1.82, 2.24) is 0 Å². The number of hydrogen-bond acceptors (Lipinski definition) is 3. The molecule has 0 fully saturated rings. The van der Waals surface area contributed by atoms with Crippen molar-refractivity contribution < 1.29 is 15.0 Å². The monoisotopic (exact) mass is 218 g/mol. The van der Waals surface area contributed by atoms with Crippen molar-refractivity contribution in [2.45, 2.75) is 4.30 Å². The zero-order valence-electron chi connectivity index (χ0n) is 4.14. The molecule has 0 spiro atoms. The molecule has 0 aliphatic rings. The van der Waals surface area contributed by atoms with E-state index in [2.05, 4.69) is 0 Å². The predicted octanol–water partition coefficient (Wildman–Crippen LogP) is -0.841. The Balaban J connectivity index is -0.0000000720. The van der Waals surface area contributed by atoms with Crippen molar-refractivity contribution in [2.75, 3.05) is 0 Å². The van der Waals surface area contributed by atoms with Gasteiger partial charge in [0.25, 0.3) is 0 Å². The minimum absolute atomic E-state index is 0. The Bertz CT molecular complexity index is 61.3. The van der Waals surface area contributed by atoms with E-state index in [1.165, 1.54) is 0 Å². The molecular weight excluding hydrogens is 218 g/mol. The third-order valence-electron chi connectivity index (χ3n) is 0. The normalized spacial score (nSPS) is 6.67. The van der Waals surface area contributed by atoms with E-state index in [1.807, 2.05) is 0 Å². The fraction of sp³-hybridized carbons (Fsp3) is 0.500. The topological polar surface area (TPSA) is 63.2 Å². The van der Waals surface area contributed by atoms with Crippen LogP contribution in [0.5, 0.6) is 0 Å². The average Bonchev–Trinajstić information content (AvgIpc) is 1.25. The molecule has 0 saturated carbocycles. The first-order chi connectivity index (χ1) is 3.46. The van der Waals surface area contributed by atoms with Gasteiger partial charge in [-0.25, -0.2) is 0 Å². The van der Waals surface area contributed by atoms with E-state index in [0.717, 1.165) is 0 Å². The number of carboxylic acid groups (broad SMARTS) is 2. The minimum Gasteiger partial charge on any atom is -0.652 e. The fourth-order valence-electron chi connectivity index (χ4n) is 0. The largest absolute Gasteiger partial charge is 2.00 e. The second kappa shape index (κ2) is 12.1. The Morgan fingerprint density at radius 3 is 1.22 bits per heavy atom. The van der Waals surface area contributed by atoms with Crippen LogP contribution in [0.25, 0.3) is 0 Å². The smallest absolute Gasteiger partial charge is 0.652 e. The van der Waals surface area contributed by atoms with Crippen LogP contribution in [-0.4, -0.2) is 48.2 Å². The van der Waals surface area contributed by atoms with E-state index >= 15 is 0 Å². The van der Waals surface area contributed by atoms with Crippen molar-refractivity contribution >= 4 is 78.7 Å². The molecule has 0 N–H and O–H groups in total. The summed E-state index contributed by atoms with van der Waals surface area (Å²) in [6, 6.07) is 0. The molecular formula is C2HCaCl3O3. The minimum atomic E-state index is -2.33. The van der Waals surface area contributed by atoms with Crippen molar-refractivity contribution in [1.29, 1.82) is 0 Å². The first-order valence-corrected chi connectivity index (χ1v) is 2.58. The molecule has 0 aromatic rings. The number of carbonyl (C=O) groups is 1. The first-order valence-electron chi connectivity index (χ1n) is 1.27. The number of carbonyl (C=O) groups excluding carboxylic acids is 1. The summed E-state index contributed by atoms with van der Waals surface area (Å²) in [7, 11) is 0. The molecule has 0 unspecified atom stereocenters. The second-order valence-corrected chi connectivity index (χ2v) is 2.48. The molecule has 0 amide bonds. The van der Waals surface area contributed by atoms with Crippen molar-refractivity contribution in [3.8, 4) is 0 Å². The van der Waals surface area contributed by atoms with Gasteiger partial charge in [-0.15, -0.1) is 0 Å². The summed E-state index contributed by atoms with van der Waals surface area (Å²) in [5.41, 5.74) is 0. The van der Waals surface area contributed by atoms with Gasteiger partial charge in [-0.1, -0.05) is 34.8 Å². The molecule has 50 valence electrons. The third-order valence-corrected chi connectivity index (χ3v) is 0.